The first-order chi connectivity index (χ1) is 14.5. The quantitative estimate of drug-likeness (QED) is 0.764. The molecule has 30 heavy (non-hydrogen) atoms. The Balaban J connectivity index is 1.42. The second-order valence-electron chi connectivity index (χ2n) is 8.08. The van der Waals surface area contributed by atoms with Gasteiger partial charge in [-0.2, -0.15) is 5.10 Å². The molecule has 1 aromatic carbocycles. The van der Waals surface area contributed by atoms with Crippen molar-refractivity contribution in [1.82, 2.24) is 20.0 Å². The number of rotatable bonds is 6. The number of halogens is 1. The van der Waals surface area contributed by atoms with Crippen LogP contribution in [0.4, 0.5) is 0 Å². The van der Waals surface area contributed by atoms with Gasteiger partial charge in [0.15, 0.2) is 0 Å². The van der Waals surface area contributed by atoms with Gasteiger partial charge in [-0.05, 0) is 55.9 Å². The second-order valence-corrected chi connectivity index (χ2v) is 8.52. The number of aryl methyl sites for hydroxylation is 1. The summed E-state index contributed by atoms with van der Waals surface area (Å²) in [4.78, 5) is 26.5. The molecule has 3 heterocycles. The van der Waals surface area contributed by atoms with Crippen LogP contribution >= 0.6 is 11.6 Å². The average Bonchev–Trinajstić information content (AvgIpc) is 3.38. The number of benzene rings is 1. The number of fused-ring (bicyclic) bond motifs is 1. The Morgan fingerprint density at radius 1 is 1.23 bits per heavy atom. The SMILES string of the molecule is CC(=O)NCC1CCn2ncc(C(=O)N3CCCC3COc3ccc(Cl)cc3)c2C1. The Bertz CT molecular complexity index is 912. The summed E-state index contributed by atoms with van der Waals surface area (Å²) in [6.45, 7) is 4.13. The van der Waals surface area contributed by atoms with E-state index in [-0.39, 0.29) is 17.9 Å². The average molecular weight is 431 g/mol. The lowest BCUT2D eigenvalue weighted by Crippen LogP contribution is -2.40. The molecule has 0 spiro atoms. The predicted octanol–water partition coefficient (Wildman–Crippen LogP) is 2.92. The van der Waals surface area contributed by atoms with Crippen molar-refractivity contribution in [3.8, 4) is 5.75 Å². The van der Waals surface area contributed by atoms with Crippen LogP contribution in [0.2, 0.25) is 5.02 Å². The molecule has 1 saturated heterocycles. The maximum absolute atomic E-state index is 13.3. The molecule has 1 fully saturated rings. The van der Waals surface area contributed by atoms with E-state index >= 15 is 0 Å². The number of likely N-dealkylation sites (tertiary alicyclic amines) is 1. The highest BCUT2D eigenvalue weighted by Gasteiger charge is 2.33. The zero-order valence-electron chi connectivity index (χ0n) is 17.1. The summed E-state index contributed by atoms with van der Waals surface area (Å²) in [5, 5.41) is 8.01. The molecule has 2 unspecified atom stereocenters. The molecule has 1 N–H and O–H groups in total. The third-order valence-electron chi connectivity index (χ3n) is 5.94. The highest BCUT2D eigenvalue weighted by Crippen LogP contribution is 2.27. The van der Waals surface area contributed by atoms with Crippen molar-refractivity contribution in [2.45, 2.75) is 45.2 Å². The number of nitrogens with zero attached hydrogens (tertiary/aromatic N) is 3. The molecule has 7 nitrogen and oxygen atoms in total. The zero-order valence-corrected chi connectivity index (χ0v) is 17.9. The van der Waals surface area contributed by atoms with Crippen LogP contribution in [0, 0.1) is 5.92 Å². The van der Waals surface area contributed by atoms with Crippen molar-refractivity contribution in [2.24, 2.45) is 5.92 Å². The molecule has 1 aromatic heterocycles. The topological polar surface area (TPSA) is 76.5 Å². The Hall–Kier alpha value is -2.54. The van der Waals surface area contributed by atoms with E-state index in [1.165, 1.54) is 6.92 Å². The molecule has 0 radical (unpaired) electrons. The van der Waals surface area contributed by atoms with E-state index in [1.54, 1.807) is 18.3 Å². The van der Waals surface area contributed by atoms with Crippen LogP contribution in [-0.4, -0.2) is 52.2 Å². The van der Waals surface area contributed by atoms with Crippen LogP contribution in [-0.2, 0) is 17.8 Å². The molecule has 160 valence electrons. The fourth-order valence-electron chi connectivity index (χ4n) is 4.29. The number of ether oxygens (including phenoxy) is 1. The van der Waals surface area contributed by atoms with Gasteiger partial charge in [0.2, 0.25) is 5.91 Å². The van der Waals surface area contributed by atoms with Crippen molar-refractivity contribution in [2.75, 3.05) is 19.7 Å². The van der Waals surface area contributed by atoms with Crippen molar-refractivity contribution in [3.63, 3.8) is 0 Å². The molecule has 4 rings (SSSR count). The predicted molar refractivity (Wildman–Crippen MR) is 114 cm³/mol. The zero-order chi connectivity index (χ0) is 21.1. The van der Waals surface area contributed by atoms with Gasteiger partial charge in [0.25, 0.3) is 5.91 Å². The minimum absolute atomic E-state index is 0.0222. The van der Waals surface area contributed by atoms with Gasteiger partial charge in [-0.25, -0.2) is 0 Å². The summed E-state index contributed by atoms with van der Waals surface area (Å²) in [6, 6.07) is 7.32. The van der Waals surface area contributed by atoms with E-state index in [1.807, 2.05) is 21.7 Å². The monoisotopic (exact) mass is 430 g/mol. The van der Waals surface area contributed by atoms with Gasteiger partial charge in [0.05, 0.1) is 23.5 Å². The van der Waals surface area contributed by atoms with Crippen molar-refractivity contribution in [3.05, 3.63) is 46.7 Å². The maximum atomic E-state index is 13.3. The lowest BCUT2D eigenvalue weighted by molar-refractivity contribution is -0.119. The molecule has 0 aliphatic carbocycles. The van der Waals surface area contributed by atoms with Crippen LogP contribution in [0.5, 0.6) is 5.75 Å². The fraction of sp³-hybridized carbons (Fsp3) is 0.500. The van der Waals surface area contributed by atoms with E-state index in [9.17, 15) is 9.59 Å². The van der Waals surface area contributed by atoms with Gasteiger partial charge >= 0.3 is 0 Å². The Labute approximate surface area is 181 Å². The smallest absolute Gasteiger partial charge is 0.257 e. The number of carbonyl (C=O) groups excluding carboxylic acids is 2. The highest BCUT2D eigenvalue weighted by atomic mass is 35.5. The van der Waals surface area contributed by atoms with E-state index in [4.69, 9.17) is 16.3 Å². The third-order valence-corrected chi connectivity index (χ3v) is 6.20. The lowest BCUT2D eigenvalue weighted by Gasteiger charge is -2.27. The van der Waals surface area contributed by atoms with Gasteiger partial charge in [0.1, 0.15) is 12.4 Å². The van der Waals surface area contributed by atoms with E-state index in [2.05, 4.69) is 10.4 Å². The highest BCUT2D eigenvalue weighted by molar-refractivity contribution is 6.30. The first-order valence-corrected chi connectivity index (χ1v) is 10.9. The minimum atomic E-state index is -0.0222. The van der Waals surface area contributed by atoms with Crippen molar-refractivity contribution < 1.29 is 14.3 Å². The maximum Gasteiger partial charge on any atom is 0.257 e. The molecular weight excluding hydrogens is 404 g/mol. The normalized spacial score (nSPS) is 20.7. The molecule has 2 aromatic rings. The van der Waals surface area contributed by atoms with Crippen LogP contribution in [0.25, 0.3) is 0 Å². The third kappa shape index (κ3) is 4.61. The summed E-state index contributed by atoms with van der Waals surface area (Å²) in [7, 11) is 0. The summed E-state index contributed by atoms with van der Waals surface area (Å²) in [6.07, 6.45) is 5.29. The standard InChI is InChI=1S/C22H27ClN4O3/c1-15(28)24-12-16-8-10-27-21(11-16)20(13-25-27)22(29)26-9-2-3-18(26)14-30-19-6-4-17(23)5-7-19/h4-7,13,16,18H,2-3,8-12,14H2,1H3,(H,24,28). The summed E-state index contributed by atoms with van der Waals surface area (Å²) < 4.78 is 7.85. The fourth-order valence-corrected chi connectivity index (χ4v) is 4.42. The molecule has 8 heteroatoms. The molecule has 2 aliphatic heterocycles. The number of nitrogens with one attached hydrogen (secondary N) is 1. The lowest BCUT2D eigenvalue weighted by atomic mass is 9.94. The van der Waals surface area contributed by atoms with Gasteiger partial charge in [-0.15, -0.1) is 0 Å². The summed E-state index contributed by atoms with van der Waals surface area (Å²) >= 11 is 5.93. The second kappa shape index (κ2) is 9.08. The number of carbonyl (C=O) groups is 2. The minimum Gasteiger partial charge on any atom is -0.491 e. The van der Waals surface area contributed by atoms with Gasteiger partial charge in [0, 0.05) is 31.6 Å². The first-order valence-electron chi connectivity index (χ1n) is 10.5. The first kappa shape index (κ1) is 20.7. The molecular formula is C22H27ClN4O3. The molecule has 2 aliphatic rings. The number of hydrogen-bond acceptors (Lipinski definition) is 4. The van der Waals surface area contributed by atoms with E-state index < -0.39 is 0 Å². The molecule has 0 saturated carbocycles. The molecule has 2 atom stereocenters. The van der Waals surface area contributed by atoms with Crippen molar-refractivity contribution in [1.29, 1.82) is 0 Å². The van der Waals surface area contributed by atoms with Gasteiger partial charge in [-0.3, -0.25) is 14.3 Å². The largest absolute Gasteiger partial charge is 0.491 e. The Morgan fingerprint density at radius 2 is 2.03 bits per heavy atom. The summed E-state index contributed by atoms with van der Waals surface area (Å²) in [5.74, 6) is 1.08. The number of aromatic nitrogens is 2. The van der Waals surface area contributed by atoms with Crippen LogP contribution in [0.15, 0.2) is 30.5 Å². The Morgan fingerprint density at radius 3 is 2.80 bits per heavy atom. The van der Waals surface area contributed by atoms with Crippen molar-refractivity contribution >= 4 is 23.4 Å². The van der Waals surface area contributed by atoms with Crippen LogP contribution < -0.4 is 10.1 Å². The number of amides is 2. The van der Waals surface area contributed by atoms with E-state index in [0.29, 0.717) is 29.7 Å². The van der Waals surface area contributed by atoms with Gasteiger partial charge < -0.3 is 15.0 Å². The van der Waals surface area contributed by atoms with Crippen LogP contribution in [0.1, 0.15) is 42.2 Å². The molecule has 0 bridgehead atoms. The Kier molecular flexibility index (Phi) is 6.27. The van der Waals surface area contributed by atoms with Crippen LogP contribution in [0.3, 0.4) is 0 Å². The van der Waals surface area contributed by atoms with Gasteiger partial charge in [-0.1, -0.05) is 11.6 Å². The molecule has 2 amide bonds. The summed E-state index contributed by atoms with van der Waals surface area (Å²) in [5.41, 5.74) is 1.66. The van der Waals surface area contributed by atoms with E-state index in [0.717, 1.165) is 50.2 Å². The number of hydrogen-bond donors (Lipinski definition) is 1.